The minimum absolute atomic E-state index is 0.0419. The number of ether oxygens (including phenoxy) is 2. The SMILES string of the molecule is CCCC(OC1CCCCO1)c1ncc(Cl)cc1Br. The summed E-state index contributed by atoms with van der Waals surface area (Å²) >= 11 is 9.45. The van der Waals surface area contributed by atoms with E-state index in [-0.39, 0.29) is 12.4 Å². The Kier molecular flexibility index (Phi) is 6.07. The van der Waals surface area contributed by atoms with E-state index in [1.807, 2.05) is 6.07 Å². The second-order valence-electron chi connectivity index (χ2n) is 4.73. The highest BCUT2D eigenvalue weighted by atomic mass is 79.9. The molecule has 1 saturated heterocycles. The van der Waals surface area contributed by atoms with E-state index in [4.69, 9.17) is 21.1 Å². The predicted octanol–water partition coefficient (Wildman–Crippen LogP) is 4.88. The highest BCUT2D eigenvalue weighted by Gasteiger charge is 2.23. The zero-order chi connectivity index (χ0) is 13.7. The lowest BCUT2D eigenvalue weighted by Crippen LogP contribution is -2.25. The highest BCUT2D eigenvalue weighted by molar-refractivity contribution is 9.10. The summed E-state index contributed by atoms with van der Waals surface area (Å²) in [6.07, 6.45) is 6.73. The van der Waals surface area contributed by atoms with Gasteiger partial charge in [0.25, 0.3) is 0 Å². The second-order valence-corrected chi connectivity index (χ2v) is 6.02. The molecule has 0 aromatic carbocycles. The average molecular weight is 349 g/mol. The van der Waals surface area contributed by atoms with Crippen LogP contribution in [0.3, 0.4) is 0 Å². The monoisotopic (exact) mass is 347 g/mol. The van der Waals surface area contributed by atoms with E-state index in [2.05, 4.69) is 27.8 Å². The van der Waals surface area contributed by atoms with Crippen molar-refractivity contribution < 1.29 is 9.47 Å². The molecule has 1 aliphatic heterocycles. The van der Waals surface area contributed by atoms with Crippen molar-refractivity contribution in [2.75, 3.05) is 6.61 Å². The Labute approximate surface area is 127 Å². The highest BCUT2D eigenvalue weighted by Crippen LogP contribution is 2.32. The molecule has 5 heteroatoms. The number of nitrogens with zero attached hydrogens (tertiary/aromatic N) is 1. The van der Waals surface area contributed by atoms with Gasteiger partial charge in [0.1, 0.15) is 6.10 Å². The Morgan fingerprint density at radius 1 is 1.58 bits per heavy atom. The van der Waals surface area contributed by atoms with Gasteiger partial charge in [-0.1, -0.05) is 24.9 Å². The number of pyridine rings is 1. The fraction of sp³-hybridized carbons (Fsp3) is 0.643. The minimum atomic E-state index is -0.102. The van der Waals surface area contributed by atoms with Crippen LogP contribution in [-0.2, 0) is 9.47 Å². The number of rotatable bonds is 5. The Morgan fingerprint density at radius 2 is 2.42 bits per heavy atom. The first-order valence-electron chi connectivity index (χ1n) is 6.78. The summed E-state index contributed by atoms with van der Waals surface area (Å²) in [4.78, 5) is 4.40. The van der Waals surface area contributed by atoms with Gasteiger partial charge in [0, 0.05) is 17.3 Å². The lowest BCUT2D eigenvalue weighted by molar-refractivity contribution is -0.192. The molecule has 19 heavy (non-hydrogen) atoms. The van der Waals surface area contributed by atoms with E-state index in [9.17, 15) is 0 Å². The summed E-state index contributed by atoms with van der Waals surface area (Å²) in [5.74, 6) is 0. The predicted molar refractivity (Wildman–Crippen MR) is 79.3 cm³/mol. The fourth-order valence-corrected chi connectivity index (χ4v) is 3.09. The third kappa shape index (κ3) is 4.42. The molecule has 2 atom stereocenters. The maximum atomic E-state index is 6.08. The molecule has 106 valence electrons. The molecule has 0 amide bonds. The lowest BCUT2D eigenvalue weighted by atomic mass is 10.1. The Bertz CT molecular complexity index is 410. The molecule has 0 spiro atoms. The third-order valence-corrected chi connectivity index (χ3v) is 3.99. The molecule has 2 rings (SSSR count). The summed E-state index contributed by atoms with van der Waals surface area (Å²) in [7, 11) is 0. The van der Waals surface area contributed by atoms with Crippen LogP contribution in [-0.4, -0.2) is 17.9 Å². The Morgan fingerprint density at radius 3 is 3.05 bits per heavy atom. The van der Waals surface area contributed by atoms with Crippen molar-refractivity contribution >= 4 is 27.5 Å². The first kappa shape index (κ1) is 15.2. The van der Waals surface area contributed by atoms with Crippen LogP contribution in [0.15, 0.2) is 16.7 Å². The van der Waals surface area contributed by atoms with E-state index in [0.717, 1.165) is 42.5 Å². The van der Waals surface area contributed by atoms with Crippen LogP contribution < -0.4 is 0 Å². The number of hydrogen-bond acceptors (Lipinski definition) is 3. The first-order valence-corrected chi connectivity index (χ1v) is 7.95. The third-order valence-electron chi connectivity index (χ3n) is 3.15. The van der Waals surface area contributed by atoms with Crippen molar-refractivity contribution in [3.8, 4) is 0 Å². The van der Waals surface area contributed by atoms with E-state index in [0.29, 0.717) is 5.02 Å². The van der Waals surface area contributed by atoms with Crippen molar-refractivity contribution in [2.24, 2.45) is 0 Å². The van der Waals surface area contributed by atoms with E-state index in [1.54, 1.807) is 6.20 Å². The Hall–Kier alpha value is -0.160. The summed E-state index contributed by atoms with van der Waals surface area (Å²) in [5, 5.41) is 0.625. The molecule has 1 fully saturated rings. The normalized spacial score (nSPS) is 21.3. The quantitative estimate of drug-likeness (QED) is 0.760. The standard InChI is InChI=1S/C14H19BrClNO2/c1-2-5-12(19-13-6-3-4-7-18-13)14-11(15)8-10(16)9-17-14/h8-9,12-13H,2-7H2,1H3. The number of aromatic nitrogens is 1. The number of hydrogen-bond donors (Lipinski definition) is 0. The van der Waals surface area contributed by atoms with Gasteiger partial charge in [0.05, 0.1) is 10.7 Å². The van der Waals surface area contributed by atoms with Crippen molar-refractivity contribution in [2.45, 2.75) is 51.4 Å². The van der Waals surface area contributed by atoms with E-state index in [1.165, 1.54) is 6.42 Å². The van der Waals surface area contributed by atoms with Crippen LogP contribution in [0, 0.1) is 0 Å². The van der Waals surface area contributed by atoms with Crippen molar-refractivity contribution in [1.29, 1.82) is 0 Å². The van der Waals surface area contributed by atoms with Gasteiger partial charge in [-0.3, -0.25) is 4.98 Å². The first-order chi connectivity index (χ1) is 9.20. The zero-order valence-electron chi connectivity index (χ0n) is 11.1. The average Bonchev–Trinajstić information content (AvgIpc) is 2.39. The lowest BCUT2D eigenvalue weighted by Gasteiger charge is -2.27. The molecule has 0 radical (unpaired) electrons. The Balaban J connectivity index is 2.09. The number of halogens is 2. The van der Waals surface area contributed by atoms with Gasteiger partial charge in [-0.05, 0) is 47.7 Å². The molecule has 3 nitrogen and oxygen atoms in total. The molecule has 0 aliphatic carbocycles. The van der Waals surface area contributed by atoms with Gasteiger partial charge in [0.15, 0.2) is 6.29 Å². The molecule has 0 N–H and O–H groups in total. The summed E-state index contributed by atoms with van der Waals surface area (Å²) < 4.78 is 12.6. The maximum absolute atomic E-state index is 6.08. The van der Waals surface area contributed by atoms with Crippen LogP contribution in [0.2, 0.25) is 5.02 Å². The van der Waals surface area contributed by atoms with Gasteiger partial charge in [0.2, 0.25) is 0 Å². The van der Waals surface area contributed by atoms with Gasteiger partial charge >= 0.3 is 0 Å². The molecule has 1 aromatic heterocycles. The van der Waals surface area contributed by atoms with E-state index < -0.39 is 0 Å². The van der Waals surface area contributed by atoms with Gasteiger partial charge in [-0.2, -0.15) is 0 Å². The van der Waals surface area contributed by atoms with Crippen LogP contribution in [0.1, 0.15) is 50.8 Å². The molecular formula is C14H19BrClNO2. The van der Waals surface area contributed by atoms with Gasteiger partial charge in [-0.15, -0.1) is 0 Å². The smallest absolute Gasteiger partial charge is 0.158 e. The van der Waals surface area contributed by atoms with Crippen LogP contribution >= 0.6 is 27.5 Å². The van der Waals surface area contributed by atoms with Gasteiger partial charge in [-0.25, -0.2) is 0 Å². The summed E-state index contributed by atoms with van der Waals surface area (Å²) in [6, 6.07) is 1.86. The van der Waals surface area contributed by atoms with Crippen LogP contribution in [0.25, 0.3) is 0 Å². The molecule has 0 bridgehead atoms. The van der Waals surface area contributed by atoms with Gasteiger partial charge < -0.3 is 9.47 Å². The topological polar surface area (TPSA) is 31.4 Å². The fourth-order valence-electron chi connectivity index (χ4n) is 2.20. The van der Waals surface area contributed by atoms with Crippen molar-refractivity contribution in [1.82, 2.24) is 4.98 Å². The molecule has 2 heterocycles. The molecule has 0 saturated carbocycles. The maximum Gasteiger partial charge on any atom is 0.158 e. The largest absolute Gasteiger partial charge is 0.353 e. The van der Waals surface area contributed by atoms with Crippen molar-refractivity contribution in [3.63, 3.8) is 0 Å². The molecule has 1 aromatic rings. The molecule has 2 unspecified atom stereocenters. The summed E-state index contributed by atoms with van der Waals surface area (Å²) in [6.45, 7) is 2.93. The van der Waals surface area contributed by atoms with Crippen LogP contribution in [0.5, 0.6) is 0 Å². The zero-order valence-corrected chi connectivity index (χ0v) is 13.4. The van der Waals surface area contributed by atoms with Crippen molar-refractivity contribution in [3.05, 3.63) is 27.5 Å². The molecule has 1 aliphatic rings. The van der Waals surface area contributed by atoms with E-state index >= 15 is 0 Å². The molecular weight excluding hydrogens is 330 g/mol. The van der Waals surface area contributed by atoms with Crippen LogP contribution in [0.4, 0.5) is 0 Å². The second kappa shape index (κ2) is 7.58. The minimum Gasteiger partial charge on any atom is -0.353 e. The summed E-state index contributed by atoms with van der Waals surface area (Å²) in [5.41, 5.74) is 0.903.